The maximum Gasteiger partial charge on any atom is 0.338 e. The van der Waals surface area contributed by atoms with Crippen molar-refractivity contribution < 1.29 is 22.5 Å². The number of carbonyl (C=O) groups excluding carboxylic acids is 1. The smallest absolute Gasteiger partial charge is 0.338 e. The lowest BCUT2D eigenvalue weighted by Crippen LogP contribution is -2.24. The number of benzene rings is 2. The van der Waals surface area contributed by atoms with Crippen molar-refractivity contribution in [1.29, 1.82) is 0 Å². The van der Waals surface area contributed by atoms with Gasteiger partial charge >= 0.3 is 5.97 Å². The molecule has 0 saturated heterocycles. The number of hydrogen-bond acceptors (Lipinski definition) is 8. The number of aromatic nitrogens is 3. The SMILES string of the molecule is Cc1ccc(C(=O)OCCCc2nc(-c3cccnc3)no2)cc1S(=O)(=O)NCc1ccccc1. The summed E-state index contributed by atoms with van der Waals surface area (Å²) >= 11 is 0. The Balaban J connectivity index is 1.32. The number of ether oxygens (including phenoxy) is 1. The number of rotatable bonds is 10. The Kier molecular flexibility index (Phi) is 7.64. The fourth-order valence-corrected chi connectivity index (χ4v) is 4.60. The van der Waals surface area contributed by atoms with Crippen LogP contribution in [0.4, 0.5) is 0 Å². The number of hydrogen-bond donors (Lipinski definition) is 1. The number of sulfonamides is 1. The van der Waals surface area contributed by atoms with Crippen LogP contribution < -0.4 is 4.72 Å². The number of nitrogens with one attached hydrogen (secondary N) is 1. The van der Waals surface area contributed by atoms with Gasteiger partial charge in [0.25, 0.3) is 0 Å². The normalized spacial score (nSPS) is 11.3. The first kappa shape index (κ1) is 24.2. The highest BCUT2D eigenvalue weighted by Crippen LogP contribution is 2.19. The lowest BCUT2D eigenvalue weighted by Gasteiger charge is -2.11. The summed E-state index contributed by atoms with van der Waals surface area (Å²) in [4.78, 5) is 20.9. The molecule has 0 unspecified atom stereocenters. The third kappa shape index (κ3) is 6.37. The summed E-state index contributed by atoms with van der Waals surface area (Å²) in [6, 6.07) is 17.3. The third-order valence-electron chi connectivity index (χ3n) is 5.18. The van der Waals surface area contributed by atoms with Gasteiger partial charge in [-0.05, 0) is 48.7 Å². The Morgan fingerprint density at radius 3 is 2.69 bits per heavy atom. The Labute approximate surface area is 203 Å². The summed E-state index contributed by atoms with van der Waals surface area (Å²) < 4.78 is 38.8. The molecule has 35 heavy (non-hydrogen) atoms. The molecule has 0 aliphatic heterocycles. The lowest BCUT2D eigenvalue weighted by atomic mass is 10.1. The zero-order chi connectivity index (χ0) is 24.7. The highest BCUT2D eigenvalue weighted by molar-refractivity contribution is 7.89. The Bertz CT molecular complexity index is 1390. The summed E-state index contributed by atoms with van der Waals surface area (Å²) in [5, 5.41) is 3.93. The van der Waals surface area contributed by atoms with E-state index in [0.717, 1.165) is 11.1 Å². The zero-order valence-electron chi connectivity index (χ0n) is 19.0. The highest BCUT2D eigenvalue weighted by Gasteiger charge is 2.19. The second-order valence-electron chi connectivity index (χ2n) is 7.78. The average molecular weight is 493 g/mol. The zero-order valence-corrected chi connectivity index (χ0v) is 19.9. The average Bonchev–Trinajstić information content (AvgIpc) is 3.36. The Morgan fingerprint density at radius 1 is 1.09 bits per heavy atom. The first-order valence-electron chi connectivity index (χ1n) is 11.0. The summed E-state index contributed by atoms with van der Waals surface area (Å²) in [7, 11) is -3.82. The maximum atomic E-state index is 12.8. The van der Waals surface area contributed by atoms with Crippen LogP contribution in [0.3, 0.4) is 0 Å². The molecule has 10 heteroatoms. The molecule has 0 saturated carbocycles. The van der Waals surface area contributed by atoms with Gasteiger partial charge in [0, 0.05) is 30.9 Å². The maximum absolute atomic E-state index is 12.8. The van der Waals surface area contributed by atoms with E-state index in [1.165, 1.54) is 6.07 Å². The van der Waals surface area contributed by atoms with Gasteiger partial charge in [0.1, 0.15) is 0 Å². The van der Waals surface area contributed by atoms with E-state index in [1.807, 2.05) is 36.4 Å². The van der Waals surface area contributed by atoms with Crippen LogP contribution in [0.15, 0.2) is 82.5 Å². The summed E-state index contributed by atoms with van der Waals surface area (Å²) in [5.74, 6) is 0.263. The molecule has 180 valence electrons. The van der Waals surface area contributed by atoms with E-state index in [4.69, 9.17) is 9.26 Å². The van der Waals surface area contributed by atoms with Crippen molar-refractivity contribution in [3.63, 3.8) is 0 Å². The molecule has 0 atom stereocenters. The molecule has 0 aliphatic carbocycles. The molecule has 0 amide bonds. The minimum absolute atomic E-state index is 0.0386. The topological polar surface area (TPSA) is 124 Å². The van der Waals surface area contributed by atoms with Crippen LogP contribution >= 0.6 is 0 Å². The van der Waals surface area contributed by atoms with Crippen molar-refractivity contribution in [2.24, 2.45) is 0 Å². The molecule has 1 N–H and O–H groups in total. The van der Waals surface area contributed by atoms with E-state index in [0.29, 0.717) is 30.1 Å². The largest absolute Gasteiger partial charge is 0.462 e. The van der Waals surface area contributed by atoms with Crippen LogP contribution in [0.25, 0.3) is 11.4 Å². The third-order valence-corrected chi connectivity index (χ3v) is 6.72. The summed E-state index contributed by atoms with van der Waals surface area (Å²) in [6.45, 7) is 1.94. The molecule has 2 aromatic carbocycles. The Morgan fingerprint density at radius 2 is 1.91 bits per heavy atom. The molecule has 0 aliphatic rings. The number of carbonyl (C=O) groups is 1. The molecule has 2 heterocycles. The second kappa shape index (κ2) is 11.0. The first-order chi connectivity index (χ1) is 16.9. The molecule has 4 aromatic rings. The van der Waals surface area contributed by atoms with Crippen molar-refractivity contribution in [1.82, 2.24) is 19.8 Å². The van der Waals surface area contributed by atoms with Crippen molar-refractivity contribution in [2.45, 2.75) is 31.2 Å². The van der Waals surface area contributed by atoms with Crippen LogP contribution in [-0.4, -0.2) is 36.1 Å². The van der Waals surface area contributed by atoms with E-state index < -0.39 is 16.0 Å². The second-order valence-corrected chi connectivity index (χ2v) is 9.52. The van der Waals surface area contributed by atoms with Crippen molar-refractivity contribution in [3.05, 3.63) is 95.6 Å². The van der Waals surface area contributed by atoms with Crippen molar-refractivity contribution >= 4 is 16.0 Å². The van der Waals surface area contributed by atoms with E-state index in [9.17, 15) is 13.2 Å². The predicted octanol–water partition coefficient (Wildman–Crippen LogP) is 3.71. The summed E-state index contributed by atoms with van der Waals surface area (Å²) in [6.07, 6.45) is 4.20. The van der Waals surface area contributed by atoms with Crippen LogP contribution in [0.2, 0.25) is 0 Å². The fourth-order valence-electron chi connectivity index (χ4n) is 3.31. The minimum atomic E-state index is -3.82. The molecule has 2 aromatic heterocycles. The molecule has 0 bridgehead atoms. The standard InChI is InChI=1S/C25H24N4O5S/c1-18-11-12-20(15-22(18)35(31,32)27-16-19-7-3-2-4-8-19)25(30)33-14-6-10-23-28-24(29-34-23)21-9-5-13-26-17-21/h2-5,7-9,11-13,15,17,27H,6,10,14,16H2,1H3. The molecular formula is C25H24N4O5S. The van der Waals surface area contributed by atoms with Crippen LogP contribution in [0.1, 0.15) is 33.8 Å². The molecule has 0 fully saturated rings. The van der Waals surface area contributed by atoms with E-state index >= 15 is 0 Å². The molecule has 9 nitrogen and oxygen atoms in total. The highest BCUT2D eigenvalue weighted by atomic mass is 32.2. The van der Waals surface area contributed by atoms with Gasteiger partial charge in [0.15, 0.2) is 0 Å². The molecule has 0 spiro atoms. The predicted molar refractivity (Wildman–Crippen MR) is 128 cm³/mol. The molecule has 4 rings (SSSR count). The van der Waals surface area contributed by atoms with E-state index in [1.54, 1.807) is 37.5 Å². The monoisotopic (exact) mass is 492 g/mol. The minimum Gasteiger partial charge on any atom is -0.462 e. The Hall–Kier alpha value is -3.89. The van der Waals surface area contributed by atoms with Gasteiger partial charge in [-0.25, -0.2) is 17.9 Å². The van der Waals surface area contributed by atoms with Gasteiger partial charge in [-0.1, -0.05) is 41.6 Å². The van der Waals surface area contributed by atoms with Gasteiger partial charge in [0.05, 0.1) is 17.1 Å². The van der Waals surface area contributed by atoms with Crippen LogP contribution in [0.5, 0.6) is 0 Å². The van der Waals surface area contributed by atoms with Gasteiger partial charge in [-0.2, -0.15) is 4.98 Å². The van der Waals surface area contributed by atoms with Gasteiger partial charge in [-0.15, -0.1) is 0 Å². The van der Waals surface area contributed by atoms with Crippen molar-refractivity contribution in [3.8, 4) is 11.4 Å². The van der Waals surface area contributed by atoms with Crippen LogP contribution in [-0.2, 0) is 27.7 Å². The fraction of sp³-hybridized carbons (Fsp3) is 0.200. The number of nitrogens with zero attached hydrogens (tertiary/aromatic N) is 3. The quantitative estimate of drug-likeness (QED) is 0.262. The van der Waals surface area contributed by atoms with Gasteiger partial charge in [0.2, 0.25) is 21.7 Å². The van der Waals surface area contributed by atoms with Gasteiger partial charge in [-0.3, -0.25) is 4.98 Å². The van der Waals surface area contributed by atoms with E-state index in [-0.39, 0.29) is 23.6 Å². The number of esters is 1. The number of pyridine rings is 1. The molecule has 0 radical (unpaired) electrons. The first-order valence-corrected chi connectivity index (χ1v) is 12.4. The van der Waals surface area contributed by atoms with Crippen molar-refractivity contribution in [2.75, 3.05) is 6.61 Å². The van der Waals surface area contributed by atoms with Crippen LogP contribution in [0, 0.1) is 6.92 Å². The molecular weight excluding hydrogens is 468 g/mol. The van der Waals surface area contributed by atoms with Gasteiger partial charge < -0.3 is 9.26 Å². The number of aryl methyl sites for hydroxylation is 2. The van der Waals surface area contributed by atoms with E-state index in [2.05, 4.69) is 19.8 Å². The lowest BCUT2D eigenvalue weighted by molar-refractivity contribution is 0.0498. The summed E-state index contributed by atoms with van der Waals surface area (Å²) in [5.41, 5.74) is 2.27.